The first-order valence-corrected chi connectivity index (χ1v) is 8.94. The Balaban J connectivity index is 1.73. The summed E-state index contributed by atoms with van der Waals surface area (Å²) in [6.07, 6.45) is 8.97. The highest BCUT2D eigenvalue weighted by Crippen LogP contribution is 2.70. The maximum Gasteiger partial charge on any atom is 0.0685 e. The van der Waals surface area contributed by atoms with Gasteiger partial charge in [0.05, 0.1) is 5.60 Å². The minimum Gasteiger partial charge on any atom is -0.375 e. The third-order valence-corrected chi connectivity index (χ3v) is 7.49. The Hall–Kier alpha value is -0.120. The van der Waals surface area contributed by atoms with Gasteiger partial charge in [-0.2, -0.15) is 0 Å². The summed E-state index contributed by atoms with van der Waals surface area (Å²) in [5, 5.41) is 0. The molecule has 1 saturated heterocycles. The number of rotatable bonds is 3. The number of hydrogen-bond donors (Lipinski definition) is 2. The highest BCUT2D eigenvalue weighted by atomic mass is 16.5. The van der Waals surface area contributed by atoms with Crippen molar-refractivity contribution in [3.05, 3.63) is 0 Å². The van der Waals surface area contributed by atoms with Gasteiger partial charge in [-0.05, 0) is 48.3 Å². The average Bonchev–Trinajstić information content (AvgIpc) is 2.84. The van der Waals surface area contributed by atoms with E-state index in [1.807, 2.05) is 0 Å². The Morgan fingerprint density at radius 1 is 1.05 bits per heavy atom. The van der Waals surface area contributed by atoms with Crippen LogP contribution in [0, 0.1) is 22.7 Å². The molecule has 1 aliphatic heterocycles. The summed E-state index contributed by atoms with van der Waals surface area (Å²) in [5.74, 6) is 7.37. The molecule has 3 N–H and O–H groups in total. The average molecular weight is 294 g/mol. The molecule has 0 aromatic heterocycles. The molecule has 2 aliphatic carbocycles. The largest absolute Gasteiger partial charge is 0.375 e. The SMILES string of the molecule is CC1(C)C(C(NN)C2CCOC3(CCCCC3)C2)C1(C)C. The first-order valence-electron chi connectivity index (χ1n) is 8.94. The lowest BCUT2D eigenvalue weighted by Crippen LogP contribution is -2.51. The van der Waals surface area contributed by atoms with Crippen LogP contribution in [0.1, 0.15) is 72.6 Å². The maximum absolute atomic E-state index is 6.27. The summed E-state index contributed by atoms with van der Waals surface area (Å²) in [5.41, 5.74) is 4.17. The van der Waals surface area contributed by atoms with Crippen LogP contribution in [-0.4, -0.2) is 18.2 Å². The van der Waals surface area contributed by atoms with Crippen molar-refractivity contribution in [3.8, 4) is 0 Å². The normalized spacial score (nSPS) is 35.6. The monoisotopic (exact) mass is 294 g/mol. The van der Waals surface area contributed by atoms with Crippen molar-refractivity contribution in [3.63, 3.8) is 0 Å². The Morgan fingerprint density at radius 3 is 2.19 bits per heavy atom. The Morgan fingerprint density at radius 2 is 1.67 bits per heavy atom. The zero-order valence-corrected chi connectivity index (χ0v) is 14.4. The molecule has 1 spiro atoms. The number of nitrogens with one attached hydrogen (secondary N) is 1. The highest BCUT2D eigenvalue weighted by molar-refractivity contribution is 5.17. The Bertz CT molecular complexity index is 365. The van der Waals surface area contributed by atoms with E-state index < -0.39 is 0 Å². The third kappa shape index (κ3) is 2.46. The first-order chi connectivity index (χ1) is 9.84. The van der Waals surface area contributed by atoms with Crippen LogP contribution in [0.25, 0.3) is 0 Å². The lowest BCUT2D eigenvalue weighted by atomic mass is 9.73. The summed E-state index contributed by atoms with van der Waals surface area (Å²) in [6.45, 7) is 10.5. The summed E-state index contributed by atoms with van der Waals surface area (Å²) in [6, 6.07) is 0.442. The van der Waals surface area contributed by atoms with Gasteiger partial charge in [0.2, 0.25) is 0 Å². The molecule has 2 atom stereocenters. The summed E-state index contributed by atoms with van der Waals surface area (Å²) in [7, 11) is 0. The number of hydrogen-bond acceptors (Lipinski definition) is 3. The van der Waals surface area contributed by atoms with Crippen molar-refractivity contribution in [1.82, 2.24) is 5.43 Å². The van der Waals surface area contributed by atoms with Crippen molar-refractivity contribution in [1.29, 1.82) is 0 Å². The standard InChI is InChI=1S/C18H34N2O/c1-16(2)15(17(16,3)4)14(20-19)13-8-11-21-18(12-13)9-6-5-7-10-18/h13-15,20H,5-12,19H2,1-4H3. The second-order valence-electron chi connectivity index (χ2n) is 8.96. The van der Waals surface area contributed by atoms with Gasteiger partial charge in [0.15, 0.2) is 0 Å². The van der Waals surface area contributed by atoms with Gasteiger partial charge in [0.25, 0.3) is 0 Å². The van der Waals surface area contributed by atoms with Gasteiger partial charge in [-0.1, -0.05) is 47.0 Å². The summed E-state index contributed by atoms with van der Waals surface area (Å²) in [4.78, 5) is 0. The number of ether oxygens (including phenoxy) is 1. The molecule has 21 heavy (non-hydrogen) atoms. The minimum absolute atomic E-state index is 0.180. The number of nitrogens with two attached hydrogens (primary N) is 1. The van der Waals surface area contributed by atoms with Crippen LogP contribution in [0.3, 0.4) is 0 Å². The lowest BCUT2D eigenvalue weighted by molar-refractivity contribution is -0.123. The quantitative estimate of drug-likeness (QED) is 0.617. The van der Waals surface area contributed by atoms with E-state index in [9.17, 15) is 0 Å². The molecule has 3 fully saturated rings. The van der Waals surface area contributed by atoms with E-state index in [0.29, 0.717) is 28.7 Å². The van der Waals surface area contributed by atoms with E-state index in [2.05, 4.69) is 33.1 Å². The van der Waals surface area contributed by atoms with Gasteiger partial charge in [0, 0.05) is 12.6 Å². The Labute approximate surface area is 130 Å². The molecule has 1 heterocycles. The molecule has 3 rings (SSSR count). The van der Waals surface area contributed by atoms with Crippen LogP contribution in [0.2, 0.25) is 0 Å². The molecule has 2 saturated carbocycles. The van der Waals surface area contributed by atoms with Gasteiger partial charge >= 0.3 is 0 Å². The second-order valence-corrected chi connectivity index (χ2v) is 8.96. The lowest BCUT2D eigenvalue weighted by Gasteiger charge is -2.46. The molecule has 0 aromatic carbocycles. The van der Waals surface area contributed by atoms with Gasteiger partial charge in [-0.3, -0.25) is 11.3 Å². The van der Waals surface area contributed by atoms with Gasteiger partial charge < -0.3 is 4.74 Å². The van der Waals surface area contributed by atoms with Gasteiger partial charge in [-0.25, -0.2) is 0 Å². The molecule has 2 unspecified atom stereocenters. The molecule has 0 bridgehead atoms. The molecule has 3 aliphatic rings. The second kappa shape index (κ2) is 5.21. The van der Waals surface area contributed by atoms with E-state index in [0.717, 1.165) is 6.61 Å². The van der Waals surface area contributed by atoms with E-state index in [-0.39, 0.29) is 5.60 Å². The van der Waals surface area contributed by atoms with Crippen LogP contribution in [0.5, 0.6) is 0 Å². The van der Waals surface area contributed by atoms with Crippen LogP contribution in [-0.2, 0) is 4.74 Å². The van der Waals surface area contributed by atoms with Crippen molar-refractivity contribution in [2.24, 2.45) is 28.5 Å². The zero-order valence-electron chi connectivity index (χ0n) is 14.4. The predicted molar refractivity (Wildman–Crippen MR) is 86.7 cm³/mol. The molecular weight excluding hydrogens is 260 g/mol. The molecule has 3 nitrogen and oxygen atoms in total. The fourth-order valence-electron chi connectivity index (χ4n) is 5.57. The molecule has 122 valence electrons. The molecule has 0 amide bonds. The predicted octanol–water partition coefficient (Wildman–Crippen LogP) is 3.63. The van der Waals surface area contributed by atoms with Crippen LogP contribution >= 0.6 is 0 Å². The van der Waals surface area contributed by atoms with Crippen molar-refractivity contribution >= 4 is 0 Å². The maximum atomic E-state index is 6.27. The fourth-order valence-corrected chi connectivity index (χ4v) is 5.57. The van der Waals surface area contributed by atoms with Crippen LogP contribution < -0.4 is 11.3 Å². The highest BCUT2D eigenvalue weighted by Gasteiger charge is 2.68. The first kappa shape index (κ1) is 15.8. The summed E-state index contributed by atoms with van der Waals surface area (Å²) >= 11 is 0. The molecular formula is C18H34N2O. The molecule has 0 aromatic rings. The molecule has 3 heteroatoms. The van der Waals surface area contributed by atoms with E-state index in [1.54, 1.807) is 0 Å². The topological polar surface area (TPSA) is 47.3 Å². The fraction of sp³-hybridized carbons (Fsp3) is 1.00. The van der Waals surface area contributed by atoms with Crippen LogP contribution in [0.4, 0.5) is 0 Å². The summed E-state index contributed by atoms with van der Waals surface area (Å²) < 4.78 is 6.27. The van der Waals surface area contributed by atoms with Gasteiger partial charge in [0.1, 0.15) is 0 Å². The van der Waals surface area contributed by atoms with Crippen LogP contribution in [0.15, 0.2) is 0 Å². The zero-order chi connectivity index (χ0) is 15.3. The van der Waals surface area contributed by atoms with Crippen molar-refractivity contribution in [2.75, 3.05) is 6.61 Å². The van der Waals surface area contributed by atoms with Crippen molar-refractivity contribution < 1.29 is 4.74 Å². The smallest absolute Gasteiger partial charge is 0.0685 e. The minimum atomic E-state index is 0.180. The van der Waals surface area contributed by atoms with Crippen molar-refractivity contribution in [2.45, 2.75) is 84.3 Å². The Kier molecular flexibility index (Phi) is 3.91. The number of hydrazine groups is 1. The molecule has 0 radical (unpaired) electrons. The third-order valence-electron chi connectivity index (χ3n) is 7.49. The van der Waals surface area contributed by atoms with Gasteiger partial charge in [-0.15, -0.1) is 0 Å². The van der Waals surface area contributed by atoms with E-state index >= 15 is 0 Å². The van der Waals surface area contributed by atoms with E-state index in [4.69, 9.17) is 10.6 Å². The van der Waals surface area contributed by atoms with E-state index in [1.165, 1.54) is 44.9 Å².